The average molecular weight is 277 g/mol. The summed E-state index contributed by atoms with van der Waals surface area (Å²) in [5.74, 6) is 0. The standard InChI is InChI=1S/C15H23N3O2/c1-14(2,3)20-13(19)18-9-6-15(16,7-10-18)12-5-4-8-17-11-12/h4-5,8,11H,6-7,9-10,16H2,1-3H3. The topological polar surface area (TPSA) is 68.5 Å². The fourth-order valence-electron chi connectivity index (χ4n) is 2.36. The normalized spacial score (nSPS) is 18.7. The third-order valence-electron chi connectivity index (χ3n) is 3.54. The summed E-state index contributed by atoms with van der Waals surface area (Å²) in [6.07, 6.45) is 4.73. The Balaban J connectivity index is 1.97. The first-order valence-electron chi connectivity index (χ1n) is 6.97. The summed E-state index contributed by atoms with van der Waals surface area (Å²) in [7, 11) is 0. The van der Waals surface area contributed by atoms with Crippen molar-refractivity contribution < 1.29 is 9.53 Å². The van der Waals surface area contributed by atoms with Crippen molar-refractivity contribution in [3.8, 4) is 0 Å². The lowest BCUT2D eigenvalue weighted by atomic mass is 9.83. The summed E-state index contributed by atoms with van der Waals surface area (Å²) in [6, 6.07) is 3.89. The molecular formula is C15H23N3O2. The van der Waals surface area contributed by atoms with Crippen molar-refractivity contribution in [3.05, 3.63) is 30.1 Å². The molecule has 5 nitrogen and oxygen atoms in total. The summed E-state index contributed by atoms with van der Waals surface area (Å²) in [4.78, 5) is 17.9. The van der Waals surface area contributed by atoms with Gasteiger partial charge in [-0.2, -0.15) is 0 Å². The van der Waals surface area contributed by atoms with Gasteiger partial charge in [-0.15, -0.1) is 0 Å². The zero-order valence-corrected chi connectivity index (χ0v) is 12.4. The van der Waals surface area contributed by atoms with Gasteiger partial charge in [-0.25, -0.2) is 4.79 Å². The van der Waals surface area contributed by atoms with Gasteiger partial charge in [0.05, 0.1) is 0 Å². The van der Waals surface area contributed by atoms with E-state index >= 15 is 0 Å². The van der Waals surface area contributed by atoms with Gasteiger partial charge in [0, 0.05) is 31.0 Å². The number of carbonyl (C=O) groups excluding carboxylic acids is 1. The molecule has 1 aromatic heterocycles. The molecule has 2 N–H and O–H groups in total. The molecule has 2 heterocycles. The molecule has 0 unspecified atom stereocenters. The first kappa shape index (κ1) is 14.8. The fourth-order valence-corrected chi connectivity index (χ4v) is 2.36. The Morgan fingerprint density at radius 3 is 2.55 bits per heavy atom. The Kier molecular flexibility index (Phi) is 3.99. The predicted molar refractivity (Wildman–Crippen MR) is 77.1 cm³/mol. The van der Waals surface area contributed by atoms with Gasteiger partial charge >= 0.3 is 6.09 Å². The first-order chi connectivity index (χ1) is 9.30. The monoisotopic (exact) mass is 277 g/mol. The maximum absolute atomic E-state index is 12.0. The number of hydrogen-bond donors (Lipinski definition) is 1. The van der Waals surface area contributed by atoms with Gasteiger partial charge in [0.2, 0.25) is 0 Å². The molecule has 0 spiro atoms. The molecule has 0 saturated carbocycles. The van der Waals surface area contributed by atoms with Crippen LogP contribution in [0.1, 0.15) is 39.2 Å². The molecule has 0 aromatic carbocycles. The molecule has 20 heavy (non-hydrogen) atoms. The zero-order valence-electron chi connectivity index (χ0n) is 12.4. The van der Waals surface area contributed by atoms with Crippen LogP contribution in [-0.2, 0) is 10.3 Å². The molecule has 1 fully saturated rings. The van der Waals surface area contributed by atoms with E-state index in [1.54, 1.807) is 11.1 Å². The van der Waals surface area contributed by atoms with Gasteiger partial charge in [-0.05, 0) is 45.2 Å². The van der Waals surface area contributed by atoms with E-state index in [1.807, 2.05) is 39.1 Å². The van der Waals surface area contributed by atoms with Crippen LogP contribution in [0.2, 0.25) is 0 Å². The lowest BCUT2D eigenvalue weighted by Gasteiger charge is -2.39. The Bertz CT molecular complexity index is 460. The van der Waals surface area contributed by atoms with Crippen LogP contribution in [0.5, 0.6) is 0 Å². The summed E-state index contributed by atoms with van der Waals surface area (Å²) in [6.45, 7) is 6.84. The summed E-state index contributed by atoms with van der Waals surface area (Å²) < 4.78 is 5.38. The SMILES string of the molecule is CC(C)(C)OC(=O)N1CCC(N)(c2cccnc2)CC1. The minimum Gasteiger partial charge on any atom is -0.444 e. The number of likely N-dealkylation sites (tertiary alicyclic amines) is 1. The molecule has 0 bridgehead atoms. The zero-order chi connectivity index (χ0) is 14.8. The largest absolute Gasteiger partial charge is 0.444 e. The van der Waals surface area contributed by atoms with Crippen LogP contribution in [0, 0.1) is 0 Å². The van der Waals surface area contributed by atoms with Crippen molar-refractivity contribution in [3.63, 3.8) is 0 Å². The van der Waals surface area contributed by atoms with Gasteiger partial charge in [0.15, 0.2) is 0 Å². The highest BCUT2D eigenvalue weighted by Gasteiger charge is 2.35. The molecule has 1 aromatic rings. The van der Waals surface area contributed by atoms with E-state index in [2.05, 4.69) is 4.98 Å². The van der Waals surface area contributed by atoms with Gasteiger partial charge in [0.1, 0.15) is 5.60 Å². The maximum atomic E-state index is 12.0. The molecule has 110 valence electrons. The maximum Gasteiger partial charge on any atom is 0.410 e. The highest BCUT2D eigenvalue weighted by molar-refractivity contribution is 5.68. The van der Waals surface area contributed by atoms with Crippen LogP contribution in [0.4, 0.5) is 4.79 Å². The Morgan fingerprint density at radius 1 is 1.40 bits per heavy atom. The quantitative estimate of drug-likeness (QED) is 0.855. The number of nitrogens with two attached hydrogens (primary N) is 1. The lowest BCUT2D eigenvalue weighted by Crippen LogP contribution is -2.50. The number of pyridine rings is 1. The molecule has 1 saturated heterocycles. The Morgan fingerprint density at radius 2 is 2.05 bits per heavy atom. The fraction of sp³-hybridized carbons (Fsp3) is 0.600. The number of rotatable bonds is 1. The van der Waals surface area contributed by atoms with E-state index in [-0.39, 0.29) is 6.09 Å². The number of aromatic nitrogens is 1. The van der Waals surface area contributed by atoms with E-state index in [0.717, 1.165) is 18.4 Å². The first-order valence-corrected chi connectivity index (χ1v) is 6.97. The van der Waals surface area contributed by atoms with Crippen LogP contribution in [0.3, 0.4) is 0 Å². The van der Waals surface area contributed by atoms with E-state index < -0.39 is 11.1 Å². The second-order valence-electron chi connectivity index (χ2n) is 6.37. The van der Waals surface area contributed by atoms with Gasteiger partial charge < -0.3 is 15.4 Å². The molecule has 1 amide bonds. The molecule has 1 aliphatic rings. The number of hydrogen-bond acceptors (Lipinski definition) is 4. The van der Waals surface area contributed by atoms with Crippen LogP contribution >= 0.6 is 0 Å². The lowest BCUT2D eigenvalue weighted by molar-refractivity contribution is 0.0166. The molecule has 5 heteroatoms. The van der Waals surface area contributed by atoms with E-state index in [9.17, 15) is 4.79 Å². The van der Waals surface area contributed by atoms with Crippen molar-refractivity contribution in [2.24, 2.45) is 5.73 Å². The molecular weight excluding hydrogens is 254 g/mol. The van der Waals surface area contributed by atoms with E-state index in [4.69, 9.17) is 10.5 Å². The minimum absolute atomic E-state index is 0.259. The number of ether oxygens (including phenoxy) is 1. The van der Waals surface area contributed by atoms with Crippen LogP contribution in [-0.4, -0.2) is 34.7 Å². The van der Waals surface area contributed by atoms with Crippen molar-refractivity contribution in [1.82, 2.24) is 9.88 Å². The van der Waals surface area contributed by atoms with Crippen molar-refractivity contribution in [1.29, 1.82) is 0 Å². The predicted octanol–water partition coefficient (Wildman–Crippen LogP) is 2.27. The van der Waals surface area contributed by atoms with Crippen LogP contribution in [0.25, 0.3) is 0 Å². The second-order valence-corrected chi connectivity index (χ2v) is 6.37. The smallest absolute Gasteiger partial charge is 0.410 e. The van der Waals surface area contributed by atoms with Crippen molar-refractivity contribution >= 4 is 6.09 Å². The summed E-state index contributed by atoms with van der Waals surface area (Å²) in [5.41, 5.74) is 6.63. The van der Waals surface area contributed by atoms with Gasteiger partial charge in [-0.1, -0.05) is 6.07 Å². The van der Waals surface area contributed by atoms with Crippen LogP contribution in [0.15, 0.2) is 24.5 Å². The van der Waals surface area contributed by atoms with Gasteiger partial charge in [-0.3, -0.25) is 4.98 Å². The highest BCUT2D eigenvalue weighted by atomic mass is 16.6. The average Bonchev–Trinajstić information content (AvgIpc) is 2.38. The van der Waals surface area contributed by atoms with Crippen molar-refractivity contribution in [2.45, 2.75) is 44.8 Å². The molecule has 0 aliphatic carbocycles. The highest BCUT2D eigenvalue weighted by Crippen LogP contribution is 2.30. The molecule has 0 radical (unpaired) electrons. The second kappa shape index (κ2) is 5.40. The summed E-state index contributed by atoms with van der Waals surface area (Å²) in [5, 5.41) is 0. The van der Waals surface area contributed by atoms with E-state index in [0.29, 0.717) is 13.1 Å². The van der Waals surface area contributed by atoms with E-state index in [1.165, 1.54) is 0 Å². The molecule has 1 aliphatic heterocycles. The number of amides is 1. The van der Waals surface area contributed by atoms with Gasteiger partial charge in [0.25, 0.3) is 0 Å². The minimum atomic E-state index is -0.461. The third-order valence-corrected chi connectivity index (χ3v) is 3.54. The van der Waals surface area contributed by atoms with Crippen molar-refractivity contribution in [2.75, 3.05) is 13.1 Å². The number of nitrogens with zero attached hydrogens (tertiary/aromatic N) is 2. The third kappa shape index (κ3) is 3.48. The molecule has 2 rings (SSSR count). The number of piperidine rings is 1. The summed E-state index contributed by atoms with van der Waals surface area (Å²) >= 11 is 0. The Labute approximate surface area is 120 Å². The number of carbonyl (C=O) groups is 1. The Hall–Kier alpha value is -1.62. The molecule has 0 atom stereocenters. The van der Waals surface area contributed by atoms with Crippen LogP contribution < -0.4 is 5.73 Å².